The molecule has 0 radical (unpaired) electrons. The van der Waals surface area contributed by atoms with Gasteiger partial charge in [0.25, 0.3) is 0 Å². The Morgan fingerprint density at radius 1 is 1.22 bits per heavy atom. The molecule has 0 saturated carbocycles. The lowest BCUT2D eigenvalue weighted by atomic mass is 10.1. The van der Waals surface area contributed by atoms with Crippen molar-refractivity contribution in [3.8, 4) is 11.1 Å². The molecular weight excluding hydrogens is 228 g/mol. The van der Waals surface area contributed by atoms with Crippen molar-refractivity contribution in [1.29, 1.82) is 0 Å². The Hall–Kier alpha value is -2.27. The van der Waals surface area contributed by atoms with Crippen molar-refractivity contribution in [2.75, 3.05) is 18.9 Å². The number of amides is 1. The molecular formula is C13H14N4O. The number of nitrogens with one attached hydrogen (secondary N) is 2. The standard InChI is InChI=1S/C13H14N4O/c1-14-8-13(18)17-12-4-2-3-10(5-12)11-6-15-9-16-7-11/h2-7,9,14H,8H2,1H3,(H,17,18). The summed E-state index contributed by atoms with van der Waals surface area (Å²) in [6.45, 7) is 0.290. The van der Waals surface area contributed by atoms with Crippen molar-refractivity contribution in [2.24, 2.45) is 0 Å². The van der Waals surface area contributed by atoms with Crippen LogP contribution in [-0.4, -0.2) is 29.5 Å². The molecule has 0 saturated heterocycles. The van der Waals surface area contributed by atoms with Crippen molar-refractivity contribution in [1.82, 2.24) is 15.3 Å². The van der Waals surface area contributed by atoms with Crippen molar-refractivity contribution in [2.45, 2.75) is 0 Å². The summed E-state index contributed by atoms with van der Waals surface area (Å²) in [7, 11) is 1.73. The molecule has 5 nitrogen and oxygen atoms in total. The average molecular weight is 242 g/mol. The number of benzene rings is 1. The van der Waals surface area contributed by atoms with Gasteiger partial charge in [0.1, 0.15) is 6.33 Å². The second-order valence-electron chi connectivity index (χ2n) is 3.79. The molecule has 0 aliphatic heterocycles. The van der Waals surface area contributed by atoms with Crippen molar-refractivity contribution >= 4 is 11.6 Å². The zero-order chi connectivity index (χ0) is 12.8. The number of hydrogen-bond donors (Lipinski definition) is 2. The molecule has 0 bridgehead atoms. The van der Waals surface area contributed by atoms with E-state index in [9.17, 15) is 4.79 Å². The summed E-state index contributed by atoms with van der Waals surface area (Å²) in [5, 5.41) is 5.61. The molecule has 92 valence electrons. The molecule has 1 aromatic heterocycles. The predicted molar refractivity (Wildman–Crippen MR) is 70.0 cm³/mol. The number of carbonyl (C=O) groups excluding carboxylic acids is 1. The van der Waals surface area contributed by atoms with Gasteiger partial charge in [0.15, 0.2) is 0 Å². The van der Waals surface area contributed by atoms with Crippen LogP contribution in [0.2, 0.25) is 0 Å². The number of hydrogen-bond acceptors (Lipinski definition) is 4. The molecule has 2 N–H and O–H groups in total. The van der Waals surface area contributed by atoms with Gasteiger partial charge in [-0.05, 0) is 24.7 Å². The summed E-state index contributed by atoms with van der Waals surface area (Å²) < 4.78 is 0. The highest BCUT2D eigenvalue weighted by atomic mass is 16.1. The van der Waals surface area contributed by atoms with E-state index in [0.29, 0.717) is 6.54 Å². The van der Waals surface area contributed by atoms with Gasteiger partial charge in [-0.25, -0.2) is 9.97 Å². The van der Waals surface area contributed by atoms with Crippen molar-refractivity contribution < 1.29 is 4.79 Å². The predicted octanol–water partition coefficient (Wildman–Crippen LogP) is 1.30. The SMILES string of the molecule is CNCC(=O)Nc1cccc(-c2cncnc2)c1. The Kier molecular flexibility index (Phi) is 3.98. The molecule has 0 aliphatic carbocycles. The summed E-state index contributed by atoms with van der Waals surface area (Å²) in [6.07, 6.45) is 4.96. The van der Waals surface area contributed by atoms with E-state index >= 15 is 0 Å². The smallest absolute Gasteiger partial charge is 0.238 e. The Morgan fingerprint density at radius 3 is 2.72 bits per heavy atom. The highest BCUT2D eigenvalue weighted by Gasteiger charge is 2.03. The van der Waals surface area contributed by atoms with Crippen LogP contribution in [0.15, 0.2) is 43.0 Å². The van der Waals surface area contributed by atoms with Crippen LogP contribution in [0.25, 0.3) is 11.1 Å². The van der Waals surface area contributed by atoms with E-state index in [-0.39, 0.29) is 5.91 Å². The molecule has 18 heavy (non-hydrogen) atoms. The third-order valence-electron chi connectivity index (χ3n) is 2.38. The molecule has 0 atom stereocenters. The molecule has 0 spiro atoms. The van der Waals surface area contributed by atoms with Gasteiger partial charge < -0.3 is 10.6 Å². The minimum absolute atomic E-state index is 0.0704. The maximum Gasteiger partial charge on any atom is 0.238 e. The normalized spacial score (nSPS) is 10.1. The quantitative estimate of drug-likeness (QED) is 0.848. The van der Waals surface area contributed by atoms with Crippen LogP contribution in [0.3, 0.4) is 0 Å². The van der Waals surface area contributed by atoms with Gasteiger partial charge in [0.05, 0.1) is 6.54 Å². The maximum atomic E-state index is 11.5. The van der Waals surface area contributed by atoms with Crippen LogP contribution >= 0.6 is 0 Å². The molecule has 1 heterocycles. The Labute approximate surface area is 105 Å². The number of rotatable bonds is 4. The van der Waals surface area contributed by atoms with Gasteiger partial charge in [-0.2, -0.15) is 0 Å². The van der Waals surface area contributed by atoms with E-state index in [1.165, 1.54) is 6.33 Å². The molecule has 2 aromatic rings. The van der Waals surface area contributed by atoms with Crippen LogP contribution in [0.5, 0.6) is 0 Å². The molecule has 5 heteroatoms. The zero-order valence-corrected chi connectivity index (χ0v) is 10.1. The van der Waals surface area contributed by atoms with Crippen LogP contribution in [0.1, 0.15) is 0 Å². The first-order valence-electron chi connectivity index (χ1n) is 5.59. The van der Waals surface area contributed by atoms with Gasteiger partial charge in [0.2, 0.25) is 5.91 Å². The molecule has 1 amide bonds. The summed E-state index contributed by atoms with van der Waals surface area (Å²) in [5.74, 6) is -0.0704. The lowest BCUT2D eigenvalue weighted by Gasteiger charge is -2.07. The van der Waals surface area contributed by atoms with E-state index < -0.39 is 0 Å². The van der Waals surface area contributed by atoms with Gasteiger partial charge in [-0.3, -0.25) is 4.79 Å². The van der Waals surface area contributed by atoms with Gasteiger partial charge >= 0.3 is 0 Å². The molecule has 1 aromatic carbocycles. The van der Waals surface area contributed by atoms with E-state index in [1.54, 1.807) is 19.4 Å². The third-order valence-corrected chi connectivity index (χ3v) is 2.38. The highest BCUT2D eigenvalue weighted by molar-refractivity contribution is 5.92. The van der Waals surface area contributed by atoms with Gasteiger partial charge in [-0.1, -0.05) is 12.1 Å². The minimum atomic E-state index is -0.0704. The average Bonchev–Trinajstić information content (AvgIpc) is 2.40. The molecule has 0 aliphatic rings. The summed E-state index contributed by atoms with van der Waals surface area (Å²) in [4.78, 5) is 19.4. The number of carbonyl (C=O) groups is 1. The first kappa shape index (κ1) is 12.2. The van der Waals surface area contributed by atoms with Crippen LogP contribution in [-0.2, 0) is 4.79 Å². The number of likely N-dealkylation sites (N-methyl/N-ethyl adjacent to an activating group) is 1. The third kappa shape index (κ3) is 3.11. The van der Waals surface area contributed by atoms with Gasteiger partial charge in [0, 0.05) is 23.6 Å². The lowest BCUT2D eigenvalue weighted by Crippen LogP contribution is -2.24. The van der Waals surface area contributed by atoms with E-state index in [2.05, 4.69) is 20.6 Å². The second-order valence-corrected chi connectivity index (χ2v) is 3.79. The zero-order valence-electron chi connectivity index (χ0n) is 10.1. The Morgan fingerprint density at radius 2 is 2.00 bits per heavy atom. The topological polar surface area (TPSA) is 66.9 Å². The highest BCUT2D eigenvalue weighted by Crippen LogP contribution is 2.20. The van der Waals surface area contributed by atoms with E-state index in [4.69, 9.17) is 0 Å². The summed E-state index contributed by atoms with van der Waals surface area (Å²) in [6, 6.07) is 7.58. The second kappa shape index (κ2) is 5.88. The summed E-state index contributed by atoms with van der Waals surface area (Å²) in [5.41, 5.74) is 2.65. The fraction of sp³-hybridized carbons (Fsp3) is 0.154. The van der Waals surface area contributed by atoms with Crippen molar-refractivity contribution in [3.05, 3.63) is 43.0 Å². The summed E-state index contributed by atoms with van der Waals surface area (Å²) >= 11 is 0. The van der Waals surface area contributed by atoms with E-state index in [1.807, 2.05) is 24.3 Å². The van der Waals surface area contributed by atoms with Crippen LogP contribution in [0, 0.1) is 0 Å². The lowest BCUT2D eigenvalue weighted by molar-refractivity contribution is -0.115. The fourth-order valence-electron chi connectivity index (χ4n) is 1.59. The monoisotopic (exact) mass is 242 g/mol. The van der Waals surface area contributed by atoms with Gasteiger partial charge in [-0.15, -0.1) is 0 Å². The van der Waals surface area contributed by atoms with Crippen LogP contribution < -0.4 is 10.6 Å². The van der Waals surface area contributed by atoms with Crippen molar-refractivity contribution in [3.63, 3.8) is 0 Å². The maximum absolute atomic E-state index is 11.5. The molecule has 0 unspecified atom stereocenters. The Bertz CT molecular complexity index is 528. The molecule has 0 fully saturated rings. The first-order chi connectivity index (χ1) is 8.79. The van der Waals surface area contributed by atoms with E-state index in [0.717, 1.165) is 16.8 Å². The number of nitrogens with zero attached hydrogens (tertiary/aromatic N) is 2. The molecule has 2 rings (SSSR count). The minimum Gasteiger partial charge on any atom is -0.325 e. The largest absolute Gasteiger partial charge is 0.325 e. The number of anilines is 1. The number of aromatic nitrogens is 2. The first-order valence-corrected chi connectivity index (χ1v) is 5.59. The fourth-order valence-corrected chi connectivity index (χ4v) is 1.59. The van der Waals surface area contributed by atoms with Crippen LogP contribution in [0.4, 0.5) is 5.69 Å². The Balaban J connectivity index is 2.18.